The fraction of sp³-hybridized carbons (Fsp3) is 0.889. The first kappa shape index (κ1) is 8.57. The van der Waals surface area contributed by atoms with Gasteiger partial charge in [0.2, 0.25) is 5.91 Å². The smallest absolute Gasteiger partial charge is 0.222 e. The highest BCUT2D eigenvalue weighted by molar-refractivity contribution is 5.76. The molecular weight excluding hydrogens is 138 g/mol. The standard InChI is InChI=1S/C9H17NO/c1-4-8(11)10-7-5-6-9(10,2)3/h4-7H2,1-3H3. The predicted octanol–water partition coefficient (Wildman–Crippen LogP) is 1.80. The van der Waals surface area contributed by atoms with Gasteiger partial charge in [-0.1, -0.05) is 6.92 Å². The van der Waals surface area contributed by atoms with Crippen LogP contribution in [0.15, 0.2) is 0 Å². The van der Waals surface area contributed by atoms with Gasteiger partial charge in [-0.2, -0.15) is 0 Å². The van der Waals surface area contributed by atoms with Crippen LogP contribution in [0.3, 0.4) is 0 Å². The van der Waals surface area contributed by atoms with Gasteiger partial charge in [-0.3, -0.25) is 4.79 Å². The van der Waals surface area contributed by atoms with Crippen LogP contribution in [0.4, 0.5) is 0 Å². The fourth-order valence-electron chi connectivity index (χ4n) is 1.76. The second kappa shape index (κ2) is 2.84. The van der Waals surface area contributed by atoms with Crippen LogP contribution in [0.25, 0.3) is 0 Å². The van der Waals surface area contributed by atoms with E-state index in [4.69, 9.17) is 0 Å². The summed E-state index contributed by atoms with van der Waals surface area (Å²) in [5.74, 6) is 0.299. The number of carbonyl (C=O) groups excluding carboxylic acids is 1. The SMILES string of the molecule is CCC(=O)N1CCCC1(C)C. The van der Waals surface area contributed by atoms with Crippen molar-refractivity contribution in [2.24, 2.45) is 0 Å². The van der Waals surface area contributed by atoms with Gasteiger partial charge in [0.25, 0.3) is 0 Å². The molecule has 0 aromatic rings. The van der Waals surface area contributed by atoms with Crippen molar-refractivity contribution < 1.29 is 4.79 Å². The summed E-state index contributed by atoms with van der Waals surface area (Å²) in [5, 5.41) is 0. The fourth-order valence-corrected chi connectivity index (χ4v) is 1.76. The molecule has 1 rings (SSSR count). The van der Waals surface area contributed by atoms with Crippen LogP contribution in [0.1, 0.15) is 40.0 Å². The Morgan fingerprint density at radius 3 is 2.55 bits per heavy atom. The lowest BCUT2D eigenvalue weighted by atomic mass is 10.0. The predicted molar refractivity (Wildman–Crippen MR) is 45.3 cm³/mol. The summed E-state index contributed by atoms with van der Waals surface area (Å²) in [6, 6.07) is 0. The normalized spacial score (nSPS) is 22.3. The number of rotatable bonds is 1. The average molecular weight is 155 g/mol. The molecule has 64 valence electrons. The van der Waals surface area contributed by atoms with Gasteiger partial charge < -0.3 is 4.90 Å². The summed E-state index contributed by atoms with van der Waals surface area (Å²) in [6.07, 6.45) is 2.96. The molecule has 0 saturated carbocycles. The number of nitrogens with zero attached hydrogens (tertiary/aromatic N) is 1. The van der Waals surface area contributed by atoms with Crippen LogP contribution in [-0.2, 0) is 4.79 Å². The maximum absolute atomic E-state index is 11.4. The zero-order valence-electron chi connectivity index (χ0n) is 7.68. The summed E-state index contributed by atoms with van der Waals surface area (Å²) < 4.78 is 0. The number of hydrogen-bond acceptors (Lipinski definition) is 1. The molecule has 1 amide bonds. The molecule has 0 spiro atoms. The molecule has 0 atom stereocenters. The van der Waals surface area contributed by atoms with Crippen LogP contribution < -0.4 is 0 Å². The van der Waals surface area contributed by atoms with E-state index in [1.807, 2.05) is 11.8 Å². The van der Waals surface area contributed by atoms with E-state index >= 15 is 0 Å². The maximum atomic E-state index is 11.4. The molecule has 1 fully saturated rings. The first-order valence-electron chi connectivity index (χ1n) is 4.38. The lowest BCUT2D eigenvalue weighted by molar-refractivity contribution is -0.133. The summed E-state index contributed by atoms with van der Waals surface area (Å²) in [7, 11) is 0. The molecule has 0 radical (unpaired) electrons. The van der Waals surface area contributed by atoms with Gasteiger partial charge in [0, 0.05) is 18.5 Å². The number of carbonyl (C=O) groups is 1. The molecule has 2 heteroatoms. The van der Waals surface area contributed by atoms with Gasteiger partial charge in [-0.25, -0.2) is 0 Å². The van der Waals surface area contributed by atoms with E-state index in [0.29, 0.717) is 12.3 Å². The van der Waals surface area contributed by atoms with Crippen molar-refractivity contribution in [3.8, 4) is 0 Å². The van der Waals surface area contributed by atoms with E-state index in [-0.39, 0.29) is 5.54 Å². The zero-order valence-corrected chi connectivity index (χ0v) is 7.68. The van der Waals surface area contributed by atoms with Crippen molar-refractivity contribution in [1.82, 2.24) is 4.90 Å². The zero-order chi connectivity index (χ0) is 8.48. The second-order valence-electron chi connectivity index (χ2n) is 3.81. The monoisotopic (exact) mass is 155 g/mol. The van der Waals surface area contributed by atoms with Gasteiger partial charge in [0.15, 0.2) is 0 Å². The van der Waals surface area contributed by atoms with E-state index in [2.05, 4.69) is 13.8 Å². The van der Waals surface area contributed by atoms with E-state index in [1.165, 1.54) is 6.42 Å². The van der Waals surface area contributed by atoms with Gasteiger partial charge in [0.05, 0.1) is 0 Å². The van der Waals surface area contributed by atoms with Gasteiger partial charge >= 0.3 is 0 Å². The molecule has 1 aliphatic heterocycles. The molecule has 1 heterocycles. The van der Waals surface area contributed by atoms with Crippen molar-refractivity contribution >= 4 is 5.91 Å². The first-order chi connectivity index (χ1) is 5.08. The molecule has 0 bridgehead atoms. The van der Waals surface area contributed by atoms with E-state index < -0.39 is 0 Å². The Hall–Kier alpha value is -0.530. The number of amides is 1. The summed E-state index contributed by atoms with van der Waals surface area (Å²) >= 11 is 0. The lowest BCUT2D eigenvalue weighted by Crippen LogP contribution is -2.42. The van der Waals surface area contributed by atoms with Crippen LogP contribution in [0.5, 0.6) is 0 Å². The Bertz CT molecular complexity index is 163. The van der Waals surface area contributed by atoms with Crippen molar-refractivity contribution in [3.63, 3.8) is 0 Å². The third-order valence-electron chi connectivity index (χ3n) is 2.50. The van der Waals surface area contributed by atoms with Gasteiger partial charge in [0.1, 0.15) is 0 Å². The highest BCUT2D eigenvalue weighted by Gasteiger charge is 2.34. The number of likely N-dealkylation sites (tertiary alicyclic amines) is 1. The third-order valence-corrected chi connectivity index (χ3v) is 2.50. The van der Waals surface area contributed by atoms with Crippen molar-refractivity contribution in [2.75, 3.05) is 6.54 Å². The summed E-state index contributed by atoms with van der Waals surface area (Å²) in [5.41, 5.74) is 0.118. The minimum atomic E-state index is 0.118. The van der Waals surface area contributed by atoms with E-state index in [1.54, 1.807) is 0 Å². The average Bonchev–Trinajstić information content (AvgIpc) is 2.28. The Morgan fingerprint density at radius 2 is 2.18 bits per heavy atom. The van der Waals surface area contributed by atoms with Crippen molar-refractivity contribution in [3.05, 3.63) is 0 Å². The van der Waals surface area contributed by atoms with Crippen molar-refractivity contribution in [2.45, 2.75) is 45.6 Å². The Balaban J connectivity index is 2.64. The Kier molecular flexibility index (Phi) is 2.21. The number of hydrogen-bond donors (Lipinski definition) is 0. The van der Waals surface area contributed by atoms with Crippen LogP contribution in [0.2, 0.25) is 0 Å². The second-order valence-corrected chi connectivity index (χ2v) is 3.81. The van der Waals surface area contributed by atoms with Crippen molar-refractivity contribution in [1.29, 1.82) is 0 Å². The lowest BCUT2D eigenvalue weighted by Gasteiger charge is -2.31. The Morgan fingerprint density at radius 1 is 1.55 bits per heavy atom. The third kappa shape index (κ3) is 1.55. The molecule has 11 heavy (non-hydrogen) atoms. The quantitative estimate of drug-likeness (QED) is 0.565. The molecular formula is C9H17NO. The van der Waals surface area contributed by atoms with Crippen LogP contribution in [-0.4, -0.2) is 22.9 Å². The summed E-state index contributed by atoms with van der Waals surface area (Å²) in [6.45, 7) is 7.18. The maximum Gasteiger partial charge on any atom is 0.222 e. The molecule has 0 unspecified atom stereocenters. The summed E-state index contributed by atoms with van der Waals surface area (Å²) in [4.78, 5) is 13.4. The van der Waals surface area contributed by atoms with E-state index in [9.17, 15) is 4.79 Å². The molecule has 0 aromatic carbocycles. The Labute approximate surface area is 68.6 Å². The minimum Gasteiger partial charge on any atom is -0.338 e. The first-order valence-corrected chi connectivity index (χ1v) is 4.38. The van der Waals surface area contributed by atoms with E-state index in [0.717, 1.165) is 13.0 Å². The van der Waals surface area contributed by atoms with Gasteiger partial charge in [-0.05, 0) is 26.7 Å². The highest BCUT2D eigenvalue weighted by Crippen LogP contribution is 2.28. The minimum absolute atomic E-state index is 0.118. The molecule has 0 aliphatic carbocycles. The highest BCUT2D eigenvalue weighted by atomic mass is 16.2. The van der Waals surface area contributed by atoms with Crippen LogP contribution in [0, 0.1) is 0 Å². The largest absolute Gasteiger partial charge is 0.338 e. The molecule has 1 saturated heterocycles. The molecule has 0 N–H and O–H groups in total. The van der Waals surface area contributed by atoms with Crippen LogP contribution >= 0.6 is 0 Å². The topological polar surface area (TPSA) is 20.3 Å². The molecule has 0 aromatic heterocycles. The molecule has 1 aliphatic rings. The van der Waals surface area contributed by atoms with Gasteiger partial charge in [-0.15, -0.1) is 0 Å². The molecule has 2 nitrogen and oxygen atoms in total.